The second kappa shape index (κ2) is 5.89. The molecule has 1 saturated heterocycles. The molecular formula is C16H18N2O3S2. The standard InChI is InChI=1S/C16H18N2O3S2/c19-23(20,14-3-4-15-12(10-14)5-8-21-15)18-7-1-2-13(11-18)16-17-6-9-22-16/h3-4,6,9-10,13H,1-2,5,7-8,11H2. The van der Waals surface area contributed by atoms with Gasteiger partial charge >= 0.3 is 0 Å². The van der Waals surface area contributed by atoms with Gasteiger partial charge in [-0.2, -0.15) is 4.31 Å². The molecule has 0 amide bonds. The van der Waals surface area contributed by atoms with Crippen LogP contribution in [0, 0.1) is 0 Å². The fraction of sp³-hybridized carbons (Fsp3) is 0.438. The Morgan fingerprint density at radius 1 is 1.35 bits per heavy atom. The van der Waals surface area contributed by atoms with Gasteiger partial charge in [-0.25, -0.2) is 13.4 Å². The summed E-state index contributed by atoms with van der Waals surface area (Å²) in [5, 5.41) is 2.98. The van der Waals surface area contributed by atoms with E-state index < -0.39 is 10.0 Å². The molecule has 122 valence electrons. The summed E-state index contributed by atoms with van der Waals surface area (Å²) in [6.07, 6.45) is 4.43. The lowest BCUT2D eigenvalue weighted by molar-refractivity contribution is 0.315. The summed E-state index contributed by atoms with van der Waals surface area (Å²) in [5.74, 6) is 1.01. The molecule has 1 atom stereocenters. The van der Waals surface area contributed by atoms with Crippen LogP contribution in [0.1, 0.15) is 29.3 Å². The van der Waals surface area contributed by atoms with Crippen molar-refractivity contribution in [3.63, 3.8) is 0 Å². The predicted molar refractivity (Wildman–Crippen MR) is 88.5 cm³/mol. The average molecular weight is 350 g/mol. The minimum Gasteiger partial charge on any atom is -0.493 e. The van der Waals surface area contributed by atoms with Gasteiger partial charge in [-0.3, -0.25) is 0 Å². The van der Waals surface area contributed by atoms with E-state index in [4.69, 9.17) is 4.74 Å². The summed E-state index contributed by atoms with van der Waals surface area (Å²) in [5.41, 5.74) is 0.986. The van der Waals surface area contributed by atoms with Crippen LogP contribution < -0.4 is 4.74 Å². The Balaban J connectivity index is 1.60. The summed E-state index contributed by atoms with van der Waals surface area (Å²) in [6.45, 7) is 1.73. The molecule has 5 nitrogen and oxygen atoms in total. The molecule has 0 saturated carbocycles. The van der Waals surface area contributed by atoms with E-state index >= 15 is 0 Å². The molecule has 2 aromatic rings. The third-order valence-electron chi connectivity index (χ3n) is 4.48. The van der Waals surface area contributed by atoms with Crippen molar-refractivity contribution in [1.82, 2.24) is 9.29 Å². The number of rotatable bonds is 3. The van der Waals surface area contributed by atoms with Crippen molar-refractivity contribution in [2.45, 2.75) is 30.1 Å². The summed E-state index contributed by atoms with van der Waals surface area (Å²) in [4.78, 5) is 4.73. The molecular weight excluding hydrogens is 332 g/mol. The molecule has 2 aliphatic heterocycles. The molecule has 0 spiro atoms. The molecule has 1 aromatic carbocycles. The van der Waals surface area contributed by atoms with Gasteiger partial charge in [0.1, 0.15) is 5.75 Å². The summed E-state index contributed by atoms with van der Waals surface area (Å²) >= 11 is 1.61. The van der Waals surface area contributed by atoms with Crippen LogP contribution in [0.15, 0.2) is 34.7 Å². The predicted octanol–water partition coefficient (Wildman–Crippen LogP) is 2.65. The number of hydrogen-bond donors (Lipinski definition) is 0. The van der Waals surface area contributed by atoms with Gasteiger partial charge in [-0.15, -0.1) is 11.3 Å². The molecule has 23 heavy (non-hydrogen) atoms. The fourth-order valence-corrected chi connectivity index (χ4v) is 5.61. The van der Waals surface area contributed by atoms with E-state index in [9.17, 15) is 8.42 Å². The number of hydrogen-bond acceptors (Lipinski definition) is 5. The quantitative estimate of drug-likeness (QED) is 0.854. The number of piperidine rings is 1. The van der Waals surface area contributed by atoms with Gasteiger partial charge in [0.25, 0.3) is 0 Å². The summed E-state index contributed by atoms with van der Waals surface area (Å²) in [7, 11) is -3.45. The van der Waals surface area contributed by atoms with Gasteiger partial charge in [-0.05, 0) is 36.6 Å². The third kappa shape index (κ3) is 2.77. The fourth-order valence-electron chi connectivity index (χ4n) is 3.27. The number of benzene rings is 1. The molecule has 0 aliphatic carbocycles. The van der Waals surface area contributed by atoms with Gasteiger partial charge in [0, 0.05) is 37.0 Å². The monoisotopic (exact) mass is 350 g/mol. The second-order valence-corrected chi connectivity index (χ2v) is 8.80. The van der Waals surface area contributed by atoms with Crippen LogP contribution in [0.4, 0.5) is 0 Å². The van der Waals surface area contributed by atoms with E-state index in [1.54, 1.807) is 40.0 Å². The highest BCUT2D eigenvalue weighted by atomic mass is 32.2. The van der Waals surface area contributed by atoms with Gasteiger partial charge in [0.2, 0.25) is 10.0 Å². The number of nitrogens with zero attached hydrogens (tertiary/aromatic N) is 2. The minimum atomic E-state index is -3.45. The van der Waals surface area contributed by atoms with E-state index in [1.165, 1.54) is 0 Å². The largest absolute Gasteiger partial charge is 0.493 e. The van der Waals surface area contributed by atoms with Crippen LogP contribution in [0.2, 0.25) is 0 Å². The van der Waals surface area contributed by atoms with Crippen LogP contribution in [-0.4, -0.2) is 37.4 Å². The third-order valence-corrected chi connectivity index (χ3v) is 7.28. The highest BCUT2D eigenvalue weighted by Crippen LogP contribution is 2.33. The molecule has 1 unspecified atom stereocenters. The molecule has 0 radical (unpaired) electrons. The van der Waals surface area contributed by atoms with Gasteiger partial charge in [0.15, 0.2) is 0 Å². The zero-order valence-corrected chi connectivity index (χ0v) is 14.3. The van der Waals surface area contributed by atoms with Crippen LogP contribution >= 0.6 is 11.3 Å². The first-order valence-electron chi connectivity index (χ1n) is 7.80. The molecule has 1 aromatic heterocycles. The van der Waals surface area contributed by atoms with Gasteiger partial charge in [0.05, 0.1) is 16.5 Å². The molecule has 0 bridgehead atoms. The van der Waals surface area contributed by atoms with E-state index in [-0.39, 0.29) is 5.92 Å². The first-order chi connectivity index (χ1) is 11.1. The van der Waals surface area contributed by atoms with Crippen molar-refractivity contribution in [3.05, 3.63) is 40.3 Å². The summed E-state index contributed by atoms with van der Waals surface area (Å²) in [6, 6.07) is 5.20. The number of fused-ring (bicyclic) bond motifs is 1. The average Bonchev–Trinajstić information content (AvgIpc) is 3.25. The van der Waals surface area contributed by atoms with Crippen molar-refractivity contribution >= 4 is 21.4 Å². The van der Waals surface area contributed by atoms with Gasteiger partial charge < -0.3 is 4.74 Å². The Hall–Kier alpha value is -1.44. The Kier molecular flexibility index (Phi) is 3.87. The van der Waals surface area contributed by atoms with E-state index in [0.717, 1.165) is 35.6 Å². The van der Waals surface area contributed by atoms with Crippen molar-refractivity contribution in [2.75, 3.05) is 19.7 Å². The lowest BCUT2D eigenvalue weighted by atomic mass is 10.0. The second-order valence-electron chi connectivity index (χ2n) is 5.94. The zero-order valence-electron chi connectivity index (χ0n) is 12.6. The Labute approximate surface area is 140 Å². The molecule has 0 N–H and O–H groups in total. The normalized spacial score (nSPS) is 21.8. The topological polar surface area (TPSA) is 59.5 Å². The minimum absolute atomic E-state index is 0.205. The van der Waals surface area contributed by atoms with Gasteiger partial charge in [-0.1, -0.05) is 0 Å². The smallest absolute Gasteiger partial charge is 0.243 e. The van der Waals surface area contributed by atoms with Crippen LogP contribution in [0.25, 0.3) is 0 Å². The highest BCUT2D eigenvalue weighted by molar-refractivity contribution is 7.89. The van der Waals surface area contributed by atoms with Crippen LogP contribution in [0.3, 0.4) is 0 Å². The van der Waals surface area contributed by atoms with E-state index in [1.807, 2.05) is 5.38 Å². The van der Waals surface area contributed by atoms with Crippen molar-refractivity contribution in [3.8, 4) is 5.75 Å². The number of sulfonamides is 1. The van der Waals surface area contributed by atoms with Crippen molar-refractivity contribution < 1.29 is 13.2 Å². The Morgan fingerprint density at radius 3 is 3.09 bits per heavy atom. The Bertz CT molecular complexity index is 803. The Morgan fingerprint density at radius 2 is 2.26 bits per heavy atom. The van der Waals surface area contributed by atoms with Crippen LogP contribution in [-0.2, 0) is 16.4 Å². The van der Waals surface area contributed by atoms with Crippen molar-refractivity contribution in [2.24, 2.45) is 0 Å². The number of ether oxygens (including phenoxy) is 1. The molecule has 2 aliphatic rings. The number of thiazole rings is 1. The van der Waals surface area contributed by atoms with E-state index in [2.05, 4.69) is 4.98 Å². The maximum Gasteiger partial charge on any atom is 0.243 e. The zero-order chi connectivity index (χ0) is 15.9. The van der Waals surface area contributed by atoms with Crippen molar-refractivity contribution in [1.29, 1.82) is 0 Å². The van der Waals surface area contributed by atoms with Crippen LogP contribution in [0.5, 0.6) is 5.75 Å². The lowest BCUT2D eigenvalue weighted by Gasteiger charge is -2.31. The molecule has 1 fully saturated rings. The maximum atomic E-state index is 13.0. The number of aromatic nitrogens is 1. The maximum absolute atomic E-state index is 13.0. The first-order valence-corrected chi connectivity index (χ1v) is 10.1. The lowest BCUT2D eigenvalue weighted by Crippen LogP contribution is -2.39. The highest BCUT2D eigenvalue weighted by Gasteiger charge is 2.32. The van der Waals surface area contributed by atoms with E-state index in [0.29, 0.717) is 24.6 Å². The SMILES string of the molecule is O=S(=O)(c1ccc2c(c1)CCO2)N1CCCC(c2nccs2)C1. The first kappa shape index (κ1) is 15.1. The molecule has 4 rings (SSSR count). The molecule has 7 heteroatoms. The molecule has 3 heterocycles. The summed E-state index contributed by atoms with van der Waals surface area (Å²) < 4.78 is 33.0.